The van der Waals surface area contributed by atoms with E-state index in [9.17, 15) is 13.2 Å². The van der Waals surface area contributed by atoms with Crippen LogP contribution in [-0.4, -0.2) is 39.4 Å². The van der Waals surface area contributed by atoms with E-state index >= 15 is 0 Å². The quantitative estimate of drug-likeness (QED) is 0.712. The highest BCUT2D eigenvalue weighted by molar-refractivity contribution is 7.89. The fraction of sp³-hybridized carbons (Fsp3) is 0.278. The van der Waals surface area contributed by atoms with Crippen LogP contribution in [0.2, 0.25) is 5.02 Å². The summed E-state index contributed by atoms with van der Waals surface area (Å²) in [4.78, 5) is 14.0. The van der Waals surface area contributed by atoms with E-state index in [1.165, 1.54) is 12.1 Å². The van der Waals surface area contributed by atoms with Crippen LogP contribution >= 0.6 is 11.6 Å². The third kappa shape index (κ3) is 6.76. The van der Waals surface area contributed by atoms with Crippen molar-refractivity contribution in [3.8, 4) is 0 Å². The summed E-state index contributed by atoms with van der Waals surface area (Å²) in [7, 11) is -1.81. The molecule has 26 heavy (non-hydrogen) atoms. The van der Waals surface area contributed by atoms with E-state index in [2.05, 4.69) is 5.32 Å². The molecule has 0 aliphatic rings. The molecular weight excluding hydrogens is 374 g/mol. The van der Waals surface area contributed by atoms with Crippen LogP contribution in [-0.2, 0) is 27.8 Å². The second-order valence-corrected chi connectivity index (χ2v) is 8.09. The molecule has 0 fully saturated rings. The minimum absolute atomic E-state index is 0.0734. The Labute approximate surface area is 159 Å². The fourth-order valence-electron chi connectivity index (χ4n) is 2.50. The third-order valence-electron chi connectivity index (χ3n) is 3.74. The summed E-state index contributed by atoms with van der Waals surface area (Å²) in [5.41, 5.74) is 1.97. The van der Waals surface area contributed by atoms with Crippen LogP contribution in [0.15, 0.2) is 53.4 Å². The van der Waals surface area contributed by atoms with Gasteiger partial charge in [-0.3, -0.25) is 9.69 Å². The minimum Gasteiger partial charge on any atom is -0.355 e. The van der Waals surface area contributed by atoms with Crippen molar-refractivity contribution in [2.45, 2.75) is 17.9 Å². The smallest absolute Gasteiger partial charge is 0.238 e. The number of rotatable bonds is 8. The maximum Gasteiger partial charge on any atom is 0.238 e. The zero-order chi connectivity index (χ0) is 19.2. The topological polar surface area (TPSA) is 92.5 Å². The Morgan fingerprint density at radius 2 is 1.85 bits per heavy atom. The van der Waals surface area contributed by atoms with Gasteiger partial charge >= 0.3 is 0 Å². The Hall–Kier alpha value is -1.93. The van der Waals surface area contributed by atoms with Crippen LogP contribution in [0.4, 0.5) is 0 Å². The van der Waals surface area contributed by atoms with Gasteiger partial charge in [0.2, 0.25) is 15.9 Å². The first-order valence-corrected chi connectivity index (χ1v) is 9.98. The molecule has 0 aromatic heterocycles. The maximum absolute atomic E-state index is 12.0. The van der Waals surface area contributed by atoms with E-state index < -0.39 is 10.0 Å². The lowest BCUT2D eigenvalue weighted by Crippen LogP contribution is -2.35. The first kappa shape index (κ1) is 20.4. The molecule has 2 aromatic carbocycles. The number of sulfonamides is 1. The number of nitrogens with one attached hydrogen (secondary N) is 1. The van der Waals surface area contributed by atoms with Crippen LogP contribution < -0.4 is 10.5 Å². The van der Waals surface area contributed by atoms with Crippen molar-refractivity contribution in [2.24, 2.45) is 5.14 Å². The monoisotopic (exact) mass is 395 g/mol. The Kier molecular flexibility index (Phi) is 7.16. The predicted octanol–water partition coefficient (Wildman–Crippen LogP) is 1.78. The second-order valence-electron chi connectivity index (χ2n) is 6.09. The van der Waals surface area contributed by atoms with Gasteiger partial charge in [0, 0.05) is 18.1 Å². The first-order valence-electron chi connectivity index (χ1n) is 8.05. The van der Waals surface area contributed by atoms with Crippen molar-refractivity contribution < 1.29 is 13.2 Å². The van der Waals surface area contributed by atoms with Gasteiger partial charge in [0.05, 0.1) is 11.4 Å². The summed E-state index contributed by atoms with van der Waals surface area (Å²) >= 11 is 5.96. The number of halogens is 1. The summed E-state index contributed by atoms with van der Waals surface area (Å²) in [6.07, 6.45) is 0.606. The summed E-state index contributed by atoms with van der Waals surface area (Å²) in [5.74, 6) is -0.0734. The zero-order valence-corrected chi connectivity index (χ0v) is 16.1. The molecule has 0 aliphatic heterocycles. The highest BCUT2D eigenvalue weighted by Crippen LogP contribution is 2.12. The highest BCUT2D eigenvalue weighted by Gasteiger charge is 2.08. The second kappa shape index (κ2) is 9.14. The normalized spacial score (nSPS) is 11.5. The van der Waals surface area contributed by atoms with E-state index in [0.29, 0.717) is 24.5 Å². The average molecular weight is 396 g/mol. The zero-order valence-electron chi connectivity index (χ0n) is 14.5. The molecular formula is C18H22ClN3O3S. The third-order valence-corrected chi connectivity index (χ3v) is 4.91. The minimum atomic E-state index is -3.68. The molecule has 2 aromatic rings. The summed E-state index contributed by atoms with van der Waals surface area (Å²) in [6, 6.07) is 13.8. The van der Waals surface area contributed by atoms with Gasteiger partial charge in [-0.25, -0.2) is 13.6 Å². The molecule has 0 saturated carbocycles. The molecule has 140 valence electrons. The number of carbonyl (C=O) groups is 1. The fourth-order valence-corrected chi connectivity index (χ4v) is 3.22. The summed E-state index contributed by atoms with van der Waals surface area (Å²) < 4.78 is 22.4. The van der Waals surface area contributed by atoms with Gasteiger partial charge in [-0.15, -0.1) is 0 Å². The molecule has 2 rings (SSSR count). The Morgan fingerprint density at radius 3 is 2.46 bits per heavy atom. The van der Waals surface area contributed by atoms with E-state index in [-0.39, 0.29) is 17.3 Å². The molecule has 0 spiro atoms. The number of likely N-dealkylation sites (N-methyl/N-ethyl adjacent to an activating group) is 1. The van der Waals surface area contributed by atoms with Gasteiger partial charge in [0.15, 0.2) is 0 Å². The molecule has 0 bridgehead atoms. The molecule has 0 aliphatic carbocycles. The van der Waals surface area contributed by atoms with Crippen LogP contribution in [0, 0.1) is 0 Å². The van der Waals surface area contributed by atoms with Gasteiger partial charge in [-0.2, -0.15) is 0 Å². The molecule has 8 heteroatoms. The molecule has 0 unspecified atom stereocenters. The van der Waals surface area contributed by atoms with Crippen molar-refractivity contribution in [3.63, 3.8) is 0 Å². The summed E-state index contributed by atoms with van der Waals surface area (Å²) in [5, 5.41) is 8.59. The number of nitrogens with zero attached hydrogens (tertiary/aromatic N) is 1. The summed E-state index contributed by atoms with van der Waals surface area (Å²) in [6.45, 7) is 1.37. The van der Waals surface area contributed by atoms with E-state index in [1.54, 1.807) is 12.1 Å². The van der Waals surface area contributed by atoms with Gasteiger partial charge in [0.25, 0.3) is 0 Å². The predicted molar refractivity (Wildman–Crippen MR) is 102 cm³/mol. The SMILES string of the molecule is CN(CC(=O)NCCc1ccc(S(N)(=O)=O)cc1)Cc1cccc(Cl)c1. The van der Waals surface area contributed by atoms with Gasteiger partial charge in [-0.1, -0.05) is 35.9 Å². The van der Waals surface area contributed by atoms with Crippen molar-refractivity contribution in [3.05, 3.63) is 64.7 Å². The number of amides is 1. The number of hydrogen-bond donors (Lipinski definition) is 2. The molecule has 0 saturated heterocycles. The number of carbonyl (C=O) groups excluding carboxylic acids is 1. The molecule has 1 amide bonds. The number of hydrogen-bond acceptors (Lipinski definition) is 4. The lowest BCUT2D eigenvalue weighted by atomic mass is 10.1. The van der Waals surface area contributed by atoms with Gasteiger partial charge < -0.3 is 5.32 Å². The Balaban J connectivity index is 1.74. The van der Waals surface area contributed by atoms with Crippen molar-refractivity contribution >= 4 is 27.5 Å². The first-order chi connectivity index (χ1) is 12.2. The molecule has 3 N–H and O–H groups in total. The van der Waals surface area contributed by atoms with E-state index in [0.717, 1.165) is 11.1 Å². The Bertz CT molecular complexity index is 854. The number of primary sulfonamides is 1. The van der Waals surface area contributed by atoms with Crippen LogP contribution in [0.25, 0.3) is 0 Å². The van der Waals surface area contributed by atoms with Crippen LogP contribution in [0.1, 0.15) is 11.1 Å². The molecule has 6 nitrogen and oxygen atoms in total. The molecule has 0 heterocycles. The van der Waals surface area contributed by atoms with E-state index in [4.69, 9.17) is 16.7 Å². The largest absolute Gasteiger partial charge is 0.355 e. The number of nitrogens with two attached hydrogens (primary N) is 1. The molecule has 0 radical (unpaired) electrons. The highest BCUT2D eigenvalue weighted by atomic mass is 35.5. The lowest BCUT2D eigenvalue weighted by molar-refractivity contribution is -0.122. The van der Waals surface area contributed by atoms with Crippen LogP contribution in [0.3, 0.4) is 0 Å². The van der Waals surface area contributed by atoms with Crippen molar-refractivity contribution in [1.82, 2.24) is 10.2 Å². The molecule has 0 atom stereocenters. The maximum atomic E-state index is 12.0. The van der Waals surface area contributed by atoms with Gasteiger partial charge in [-0.05, 0) is 48.9 Å². The number of benzene rings is 2. The lowest BCUT2D eigenvalue weighted by Gasteiger charge is -2.16. The van der Waals surface area contributed by atoms with Crippen LogP contribution in [0.5, 0.6) is 0 Å². The van der Waals surface area contributed by atoms with Crippen molar-refractivity contribution in [2.75, 3.05) is 20.1 Å². The Morgan fingerprint density at radius 1 is 1.15 bits per heavy atom. The average Bonchev–Trinajstić information content (AvgIpc) is 2.54. The van der Waals surface area contributed by atoms with Gasteiger partial charge in [0.1, 0.15) is 0 Å². The van der Waals surface area contributed by atoms with E-state index in [1.807, 2.05) is 36.2 Å². The van der Waals surface area contributed by atoms with Crippen molar-refractivity contribution in [1.29, 1.82) is 0 Å². The standard InChI is InChI=1S/C18H22ClN3O3S/c1-22(12-15-3-2-4-16(19)11-15)13-18(23)21-10-9-14-5-7-17(8-6-14)26(20,24)25/h2-8,11H,9-10,12-13H2,1H3,(H,21,23)(H2,20,24,25).